The summed E-state index contributed by atoms with van der Waals surface area (Å²) in [6.07, 6.45) is 3.61. The molecule has 4 aromatic rings. The van der Waals surface area contributed by atoms with Crippen LogP contribution in [0.3, 0.4) is 0 Å². The number of esters is 2. The lowest BCUT2D eigenvalue weighted by atomic mass is 10.1. The van der Waals surface area contributed by atoms with E-state index in [1.807, 2.05) is 30.5 Å². The summed E-state index contributed by atoms with van der Waals surface area (Å²) in [5.74, 6) is -0.678. The number of ether oxygens (including phenoxy) is 2. The van der Waals surface area contributed by atoms with Crippen molar-refractivity contribution in [2.24, 2.45) is 0 Å². The molecule has 158 valence electrons. The fraction of sp³-hybridized carbons (Fsp3) is 0.217. The Morgan fingerprint density at radius 2 is 1.94 bits per heavy atom. The van der Waals surface area contributed by atoms with Gasteiger partial charge in [0.05, 0.1) is 23.6 Å². The van der Waals surface area contributed by atoms with Gasteiger partial charge in [-0.25, -0.2) is 9.78 Å². The molecule has 8 nitrogen and oxygen atoms in total. The number of carbonyl (C=O) groups is 2. The molecule has 0 spiro atoms. The number of benzene rings is 2. The van der Waals surface area contributed by atoms with Crippen molar-refractivity contribution in [3.63, 3.8) is 0 Å². The number of nitrogens with zero attached hydrogens (tertiary/aromatic N) is 1. The van der Waals surface area contributed by atoms with Crippen LogP contribution in [0.1, 0.15) is 34.6 Å². The number of aryl methyl sites for hydroxylation is 1. The largest absolute Gasteiger partial charge is 0.465 e. The van der Waals surface area contributed by atoms with Crippen LogP contribution < -0.4 is 5.56 Å². The average Bonchev–Trinajstić information content (AvgIpc) is 3.20. The third kappa shape index (κ3) is 4.48. The zero-order valence-corrected chi connectivity index (χ0v) is 16.9. The number of fused-ring (bicyclic) bond motifs is 2. The van der Waals surface area contributed by atoms with Crippen LogP contribution in [0.4, 0.5) is 0 Å². The standard InChI is InChI=1S/C23H21N3O5/c1-30-23(29)14-9-10-17-19(11-14)25-20(26-22(17)28)13-31-21(27)8-4-5-15-12-24-18-7-3-2-6-16(15)18/h2-3,6-7,9-12,24H,4-5,8,13H2,1H3,(H,25,26,28). The maximum atomic E-state index is 12.3. The van der Waals surface area contributed by atoms with Crippen LogP contribution >= 0.6 is 0 Å². The van der Waals surface area contributed by atoms with Crippen LogP contribution in [0.2, 0.25) is 0 Å². The molecule has 0 amide bonds. The highest BCUT2D eigenvalue weighted by Gasteiger charge is 2.11. The Hall–Kier alpha value is -3.94. The van der Waals surface area contributed by atoms with E-state index in [1.165, 1.54) is 25.3 Å². The van der Waals surface area contributed by atoms with Gasteiger partial charge in [-0.15, -0.1) is 0 Å². The van der Waals surface area contributed by atoms with Crippen LogP contribution in [-0.4, -0.2) is 34.0 Å². The lowest BCUT2D eigenvalue weighted by Gasteiger charge is -2.06. The number of hydrogen-bond acceptors (Lipinski definition) is 6. The average molecular weight is 419 g/mol. The Morgan fingerprint density at radius 3 is 2.77 bits per heavy atom. The van der Waals surface area contributed by atoms with Gasteiger partial charge in [-0.05, 0) is 42.7 Å². The summed E-state index contributed by atoms with van der Waals surface area (Å²) in [5, 5.41) is 1.49. The first-order valence-corrected chi connectivity index (χ1v) is 9.87. The molecule has 4 rings (SSSR count). The fourth-order valence-corrected chi connectivity index (χ4v) is 3.48. The smallest absolute Gasteiger partial charge is 0.337 e. The molecule has 0 atom stereocenters. The lowest BCUT2D eigenvalue weighted by molar-refractivity contribution is -0.145. The van der Waals surface area contributed by atoms with Gasteiger partial charge in [-0.3, -0.25) is 9.59 Å². The first kappa shape index (κ1) is 20.3. The van der Waals surface area contributed by atoms with E-state index in [1.54, 1.807) is 0 Å². The zero-order chi connectivity index (χ0) is 21.8. The van der Waals surface area contributed by atoms with E-state index in [0.717, 1.165) is 22.9 Å². The minimum atomic E-state index is -0.521. The Labute approximate surface area is 177 Å². The van der Waals surface area contributed by atoms with Crippen LogP contribution in [0.15, 0.2) is 53.5 Å². The van der Waals surface area contributed by atoms with Crippen molar-refractivity contribution < 1.29 is 19.1 Å². The number of methoxy groups -OCH3 is 1. The molecule has 0 aliphatic carbocycles. The second kappa shape index (κ2) is 8.83. The molecule has 8 heteroatoms. The Balaban J connectivity index is 1.36. The molecule has 2 aromatic heterocycles. The monoisotopic (exact) mass is 419 g/mol. The summed E-state index contributed by atoms with van der Waals surface area (Å²) in [4.78, 5) is 46.2. The van der Waals surface area contributed by atoms with E-state index in [9.17, 15) is 14.4 Å². The number of nitrogens with one attached hydrogen (secondary N) is 2. The summed E-state index contributed by atoms with van der Waals surface area (Å²) in [6, 6.07) is 12.5. The van der Waals surface area contributed by atoms with Crippen molar-refractivity contribution in [3.05, 3.63) is 76.0 Å². The summed E-state index contributed by atoms with van der Waals surface area (Å²) < 4.78 is 9.96. The third-order valence-corrected chi connectivity index (χ3v) is 5.05. The Bertz CT molecular complexity index is 1320. The quantitative estimate of drug-likeness (QED) is 0.445. The molecule has 2 N–H and O–H groups in total. The van der Waals surface area contributed by atoms with Crippen LogP contribution in [0, 0.1) is 0 Å². The molecule has 2 heterocycles. The highest BCUT2D eigenvalue weighted by molar-refractivity contribution is 5.94. The van der Waals surface area contributed by atoms with Gasteiger partial charge in [0.15, 0.2) is 0 Å². The molecule has 2 aromatic carbocycles. The molecule has 0 saturated heterocycles. The third-order valence-electron chi connectivity index (χ3n) is 5.05. The number of H-pyrrole nitrogens is 2. The Morgan fingerprint density at radius 1 is 1.10 bits per heavy atom. The first-order valence-electron chi connectivity index (χ1n) is 9.87. The van der Waals surface area contributed by atoms with E-state index < -0.39 is 5.97 Å². The van der Waals surface area contributed by atoms with E-state index >= 15 is 0 Å². The van der Waals surface area contributed by atoms with Gasteiger partial charge in [0.2, 0.25) is 0 Å². The molecule has 0 saturated carbocycles. The van der Waals surface area contributed by atoms with Crippen molar-refractivity contribution in [1.29, 1.82) is 0 Å². The van der Waals surface area contributed by atoms with E-state index in [0.29, 0.717) is 17.3 Å². The van der Waals surface area contributed by atoms with Gasteiger partial charge in [0.1, 0.15) is 12.4 Å². The summed E-state index contributed by atoms with van der Waals surface area (Å²) in [5.41, 5.74) is 2.48. The number of aromatic amines is 2. The molecule has 0 aliphatic rings. The highest BCUT2D eigenvalue weighted by atomic mass is 16.5. The lowest BCUT2D eigenvalue weighted by Crippen LogP contribution is -2.15. The van der Waals surface area contributed by atoms with Gasteiger partial charge in [0, 0.05) is 23.5 Å². The maximum absolute atomic E-state index is 12.3. The highest BCUT2D eigenvalue weighted by Crippen LogP contribution is 2.19. The molecule has 0 fully saturated rings. The van der Waals surface area contributed by atoms with Gasteiger partial charge in [0.25, 0.3) is 5.56 Å². The normalized spacial score (nSPS) is 11.0. The predicted octanol–water partition coefficient (Wildman–Crippen LogP) is 3.26. The molecular formula is C23H21N3O5. The summed E-state index contributed by atoms with van der Waals surface area (Å²) >= 11 is 0. The molecule has 0 bridgehead atoms. The molecule has 0 unspecified atom stereocenters. The minimum absolute atomic E-state index is 0.153. The van der Waals surface area contributed by atoms with Gasteiger partial charge >= 0.3 is 11.9 Å². The van der Waals surface area contributed by atoms with Gasteiger partial charge in [-0.1, -0.05) is 18.2 Å². The summed E-state index contributed by atoms with van der Waals surface area (Å²) in [6.45, 7) is -0.153. The van der Waals surface area contributed by atoms with E-state index in [2.05, 4.69) is 19.7 Å². The molecule has 0 aliphatic heterocycles. The molecule has 0 radical (unpaired) electrons. The number of rotatable bonds is 7. The van der Waals surface area contributed by atoms with Crippen LogP contribution in [0.5, 0.6) is 0 Å². The van der Waals surface area contributed by atoms with E-state index in [4.69, 9.17) is 4.74 Å². The van der Waals surface area contributed by atoms with E-state index in [-0.39, 0.29) is 35.9 Å². The second-order valence-corrected chi connectivity index (χ2v) is 7.11. The van der Waals surface area contributed by atoms with Crippen molar-refractivity contribution >= 4 is 33.7 Å². The number of hydrogen-bond donors (Lipinski definition) is 2. The SMILES string of the molecule is COC(=O)c1ccc2c(=O)[nH]c(COC(=O)CCCc3c[nH]c4ccccc34)nc2c1. The fourth-order valence-electron chi connectivity index (χ4n) is 3.48. The molecule has 31 heavy (non-hydrogen) atoms. The molecular weight excluding hydrogens is 398 g/mol. The van der Waals surface area contributed by atoms with Gasteiger partial charge < -0.3 is 19.4 Å². The van der Waals surface area contributed by atoms with Crippen molar-refractivity contribution in [3.8, 4) is 0 Å². The number of carbonyl (C=O) groups excluding carboxylic acids is 2. The van der Waals surface area contributed by atoms with Gasteiger partial charge in [-0.2, -0.15) is 0 Å². The topological polar surface area (TPSA) is 114 Å². The van der Waals surface area contributed by atoms with Crippen LogP contribution in [0.25, 0.3) is 21.8 Å². The predicted molar refractivity (Wildman–Crippen MR) is 115 cm³/mol. The number of aromatic nitrogens is 3. The van der Waals surface area contributed by atoms with Crippen molar-refractivity contribution in [2.45, 2.75) is 25.9 Å². The van der Waals surface area contributed by atoms with Crippen LogP contribution in [-0.2, 0) is 27.3 Å². The minimum Gasteiger partial charge on any atom is -0.465 e. The zero-order valence-electron chi connectivity index (χ0n) is 16.9. The Kier molecular flexibility index (Phi) is 5.79. The van der Waals surface area contributed by atoms with Crippen molar-refractivity contribution in [2.75, 3.05) is 7.11 Å². The second-order valence-electron chi connectivity index (χ2n) is 7.11. The summed E-state index contributed by atoms with van der Waals surface area (Å²) in [7, 11) is 1.28. The van der Waals surface area contributed by atoms with Crippen molar-refractivity contribution in [1.82, 2.24) is 15.0 Å². The first-order chi connectivity index (χ1) is 15.0. The maximum Gasteiger partial charge on any atom is 0.337 e. The number of para-hydroxylation sites is 1.